The predicted octanol–water partition coefficient (Wildman–Crippen LogP) is 6.47. The van der Waals surface area contributed by atoms with Crippen LogP contribution in [0.5, 0.6) is 5.75 Å². The zero-order valence-electron chi connectivity index (χ0n) is 18.3. The molecule has 1 aromatic heterocycles. The maximum absolute atomic E-state index is 13.5. The highest BCUT2D eigenvalue weighted by atomic mass is 35.5. The third-order valence-electron chi connectivity index (χ3n) is 6.21. The van der Waals surface area contributed by atoms with Gasteiger partial charge in [0.15, 0.2) is 0 Å². The fourth-order valence-corrected chi connectivity index (χ4v) is 4.78. The van der Waals surface area contributed by atoms with Crippen LogP contribution in [0.1, 0.15) is 54.1 Å². The smallest absolute Gasteiger partial charge is 0.416 e. The Balaban J connectivity index is 1.78. The number of aromatic amines is 1. The molecule has 1 aliphatic heterocycles. The van der Waals surface area contributed by atoms with Gasteiger partial charge in [0.1, 0.15) is 5.75 Å². The number of benzene rings is 2. The summed E-state index contributed by atoms with van der Waals surface area (Å²) in [5.74, 6) is 1.19. The zero-order chi connectivity index (χ0) is 23.6. The molecule has 1 amide bonds. The van der Waals surface area contributed by atoms with Gasteiger partial charge in [-0.3, -0.25) is 4.79 Å². The van der Waals surface area contributed by atoms with Crippen LogP contribution < -0.4 is 4.74 Å². The van der Waals surface area contributed by atoms with E-state index >= 15 is 0 Å². The molecule has 176 valence electrons. The van der Waals surface area contributed by atoms with Gasteiger partial charge in [-0.1, -0.05) is 18.6 Å². The Labute approximate surface area is 195 Å². The molecule has 0 saturated heterocycles. The number of alkyl halides is 4. The molecule has 4 rings (SSSR count). The van der Waals surface area contributed by atoms with Crippen molar-refractivity contribution in [3.63, 3.8) is 0 Å². The largest absolute Gasteiger partial charge is 0.497 e. The number of ether oxygens (including phenoxy) is 1. The Morgan fingerprint density at radius 2 is 2.00 bits per heavy atom. The van der Waals surface area contributed by atoms with E-state index in [1.165, 1.54) is 6.07 Å². The van der Waals surface area contributed by atoms with Crippen molar-refractivity contribution >= 4 is 28.4 Å². The zero-order valence-corrected chi connectivity index (χ0v) is 19.1. The van der Waals surface area contributed by atoms with Gasteiger partial charge >= 0.3 is 6.18 Å². The number of amides is 1. The minimum absolute atomic E-state index is 0.0612. The Morgan fingerprint density at radius 1 is 1.18 bits per heavy atom. The second-order valence-corrected chi connectivity index (χ2v) is 8.67. The van der Waals surface area contributed by atoms with Crippen LogP contribution in [0, 0.1) is 0 Å². The SMILES string of the molecule is COc1ccc2[nH]c3c(c2c1)CCN(C(=O)CCCCCCl)C3c1cccc(C(F)(F)F)c1. The van der Waals surface area contributed by atoms with E-state index in [-0.39, 0.29) is 5.91 Å². The third kappa shape index (κ3) is 4.83. The third-order valence-corrected chi connectivity index (χ3v) is 6.48. The quantitative estimate of drug-likeness (QED) is 0.312. The fourth-order valence-electron chi connectivity index (χ4n) is 4.59. The lowest BCUT2D eigenvalue weighted by atomic mass is 9.91. The van der Waals surface area contributed by atoms with Gasteiger partial charge in [0.25, 0.3) is 0 Å². The van der Waals surface area contributed by atoms with E-state index in [0.29, 0.717) is 43.0 Å². The molecule has 0 bridgehead atoms. The number of aromatic nitrogens is 1. The van der Waals surface area contributed by atoms with Crippen molar-refractivity contribution in [1.29, 1.82) is 0 Å². The van der Waals surface area contributed by atoms with Crippen molar-refractivity contribution in [3.8, 4) is 5.75 Å². The number of H-pyrrole nitrogens is 1. The number of rotatable bonds is 7. The summed E-state index contributed by atoms with van der Waals surface area (Å²) in [6, 6.07) is 10.3. The molecule has 1 aliphatic rings. The molecule has 1 unspecified atom stereocenters. The van der Waals surface area contributed by atoms with Crippen molar-refractivity contribution in [1.82, 2.24) is 9.88 Å². The topological polar surface area (TPSA) is 45.3 Å². The van der Waals surface area contributed by atoms with E-state index < -0.39 is 17.8 Å². The van der Waals surface area contributed by atoms with Crippen LogP contribution in [0.2, 0.25) is 0 Å². The summed E-state index contributed by atoms with van der Waals surface area (Å²) in [5.41, 5.74) is 2.36. The van der Waals surface area contributed by atoms with Crippen LogP contribution in [0.25, 0.3) is 10.9 Å². The molecule has 0 radical (unpaired) electrons. The number of methoxy groups -OCH3 is 1. The molecular formula is C25H26ClF3N2O2. The maximum Gasteiger partial charge on any atom is 0.416 e. The second kappa shape index (κ2) is 9.67. The minimum Gasteiger partial charge on any atom is -0.497 e. The summed E-state index contributed by atoms with van der Waals surface area (Å²) in [6.07, 6.45) is -1.12. The van der Waals surface area contributed by atoms with Crippen LogP contribution in [-0.4, -0.2) is 35.3 Å². The molecule has 0 spiro atoms. The van der Waals surface area contributed by atoms with Gasteiger partial charge in [-0.2, -0.15) is 13.2 Å². The summed E-state index contributed by atoms with van der Waals surface area (Å²) in [4.78, 5) is 18.3. The summed E-state index contributed by atoms with van der Waals surface area (Å²) < 4.78 is 45.7. The van der Waals surface area contributed by atoms with Gasteiger partial charge in [-0.25, -0.2) is 0 Å². The summed E-state index contributed by atoms with van der Waals surface area (Å²) >= 11 is 5.74. The first-order valence-corrected chi connectivity index (χ1v) is 11.6. The monoisotopic (exact) mass is 478 g/mol. The number of hydrogen-bond acceptors (Lipinski definition) is 2. The Morgan fingerprint density at radius 3 is 2.73 bits per heavy atom. The first-order valence-electron chi connectivity index (χ1n) is 11.0. The molecular weight excluding hydrogens is 453 g/mol. The Hall–Kier alpha value is -2.67. The molecule has 4 nitrogen and oxygen atoms in total. The molecule has 8 heteroatoms. The fraction of sp³-hybridized carbons (Fsp3) is 0.400. The first-order chi connectivity index (χ1) is 15.8. The number of hydrogen-bond donors (Lipinski definition) is 1. The van der Waals surface area contributed by atoms with Crippen molar-refractivity contribution < 1.29 is 22.7 Å². The number of halogens is 4. The van der Waals surface area contributed by atoms with Gasteiger partial charge in [-0.15, -0.1) is 11.6 Å². The lowest BCUT2D eigenvalue weighted by Gasteiger charge is -2.36. The van der Waals surface area contributed by atoms with Crippen molar-refractivity contribution in [2.45, 2.75) is 44.3 Å². The predicted molar refractivity (Wildman–Crippen MR) is 123 cm³/mol. The van der Waals surface area contributed by atoms with E-state index in [4.69, 9.17) is 16.3 Å². The minimum atomic E-state index is -4.46. The van der Waals surface area contributed by atoms with Gasteiger partial charge in [0, 0.05) is 35.4 Å². The lowest BCUT2D eigenvalue weighted by Crippen LogP contribution is -2.40. The summed E-state index contributed by atoms with van der Waals surface area (Å²) in [5, 5.41) is 0.968. The Kier molecular flexibility index (Phi) is 6.88. The number of carbonyl (C=O) groups is 1. The second-order valence-electron chi connectivity index (χ2n) is 8.29. The maximum atomic E-state index is 13.5. The molecule has 33 heavy (non-hydrogen) atoms. The molecule has 1 atom stereocenters. The van der Waals surface area contributed by atoms with E-state index in [2.05, 4.69) is 4.98 Å². The highest BCUT2D eigenvalue weighted by Crippen LogP contribution is 2.41. The van der Waals surface area contributed by atoms with Crippen LogP contribution in [0.4, 0.5) is 13.2 Å². The van der Waals surface area contributed by atoms with Crippen LogP contribution >= 0.6 is 11.6 Å². The van der Waals surface area contributed by atoms with Gasteiger partial charge in [0.2, 0.25) is 5.91 Å². The highest BCUT2D eigenvalue weighted by molar-refractivity contribution is 6.17. The van der Waals surface area contributed by atoms with Crippen LogP contribution in [0.3, 0.4) is 0 Å². The first kappa shape index (κ1) is 23.5. The molecule has 2 heterocycles. The molecule has 3 aromatic rings. The normalized spacial score (nSPS) is 16.2. The average Bonchev–Trinajstić information content (AvgIpc) is 3.18. The number of carbonyl (C=O) groups excluding carboxylic acids is 1. The van der Waals surface area contributed by atoms with Crippen LogP contribution in [0.15, 0.2) is 42.5 Å². The van der Waals surface area contributed by atoms with E-state index in [0.717, 1.165) is 47.1 Å². The summed E-state index contributed by atoms with van der Waals surface area (Å²) in [6.45, 7) is 0.437. The molecule has 1 N–H and O–H groups in total. The van der Waals surface area contributed by atoms with Crippen molar-refractivity contribution in [3.05, 3.63) is 64.8 Å². The van der Waals surface area contributed by atoms with Gasteiger partial charge in [0.05, 0.1) is 18.7 Å². The van der Waals surface area contributed by atoms with Gasteiger partial charge < -0.3 is 14.6 Å². The standard InChI is InChI=1S/C25H26ClF3N2O2/c1-33-18-9-10-21-20(15-18)19-11-13-31(22(32)8-3-2-4-12-26)24(23(19)30-21)16-6-5-7-17(14-16)25(27,28)29/h5-7,9-10,14-15,24,30H,2-4,8,11-13H2,1H3. The molecule has 0 saturated carbocycles. The molecule has 0 aliphatic carbocycles. The number of unbranched alkanes of at least 4 members (excludes halogenated alkanes) is 2. The number of nitrogens with zero attached hydrogens (tertiary/aromatic N) is 1. The average molecular weight is 479 g/mol. The van der Waals surface area contributed by atoms with Crippen molar-refractivity contribution in [2.75, 3.05) is 19.5 Å². The Bertz CT molecular complexity index is 1140. The van der Waals surface area contributed by atoms with Crippen molar-refractivity contribution in [2.24, 2.45) is 0 Å². The summed E-state index contributed by atoms with van der Waals surface area (Å²) in [7, 11) is 1.59. The van der Waals surface area contributed by atoms with Gasteiger partial charge in [-0.05, 0) is 60.7 Å². The number of fused-ring (bicyclic) bond motifs is 3. The lowest BCUT2D eigenvalue weighted by molar-refractivity contribution is -0.137. The van der Waals surface area contributed by atoms with E-state index in [1.54, 1.807) is 18.1 Å². The molecule has 2 aromatic carbocycles. The van der Waals surface area contributed by atoms with Crippen LogP contribution in [-0.2, 0) is 17.4 Å². The number of nitrogens with one attached hydrogen (secondary N) is 1. The molecule has 0 fully saturated rings. The van der Waals surface area contributed by atoms with E-state index in [1.807, 2.05) is 18.2 Å². The highest BCUT2D eigenvalue weighted by Gasteiger charge is 2.36. The van der Waals surface area contributed by atoms with E-state index in [9.17, 15) is 18.0 Å².